The van der Waals surface area contributed by atoms with Gasteiger partial charge in [0, 0.05) is 24.1 Å². The Morgan fingerprint density at radius 1 is 1.23 bits per heavy atom. The fourth-order valence-corrected chi connectivity index (χ4v) is 3.60. The van der Waals surface area contributed by atoms with E-state index in [1.807, 2.05) is 49.6 Å². The zero-order valence-corrected chi connectivity index (χ0v) is 15.1. The number of nitrogens with zero attached hydrogens (tertiary/aromatic N) is 5. The van der Waals surface area contributed by atoms with Gasteiger partial charge < -0.3 is 5.32 Å². The van der Waals surface area contributed by atoms with Gasteiger partial charge >= 0.3 is 0 Å². The number of carbonyl (C=O) groups excluding carboxylic acids is 1. The fourth-order valence-electron chi connectivity index (χ4n) is 2.85. The van der Waals surface area contributed by atoms with Crippen LogP contribution in [0.1, 0.15) is 27.6 Å². The molecular formula is C18H16N6OS. The Hall–Kier alpha value is -3.13. The molecule has 1 amide bonds. The molecule has 130 valence electrons. The molecule has 0 bridgehead atoms. The van der Waals surface area contributed by atoms with Crippen molar-refractivity contribution in [1.82, 2.24) is 29.9 Å². The van der Waals surface area contributed by atoms with Crippen molar-refractivity contribution in [3.05, 3.63) is 64.7 Å². The van der Waals surface area contributed by atoms with E-state index in [-0.39, 0.29) is 11.7 Å². The molecule has 8 heteroatoms. The first kappa shape index (κ1) is 16.3. The van der Waals surface area contributed by atoms with Gasteiger partial charge in [-0.25, -0.2) is 4.98 Å². The number of nitrogens with one attached hydrogen (secondary N) is 1. The summed E-state index contributed by atoms with van der Waals surface area (Å²) in [5, 5.41) is 12.9. The summed E-state index contributed by atoms with van der Waals surface area (Å²) >= 11 is 1.62. The highest BCUT2D eigenvalue weighted by atomic mass is 32.1. The van der Waals surface area contributed by atoms with Crippen molar-refractivity contribution in [2.75, 3.05) is 0 Å². The molecule has 1 N–H and O–H groups in total. The fraction of sp³-hybridized carbons (Fsp3) is 0.167. The lowest BCUT2D eigenvalue weighted by Crippen LogP contribution is -2.26. The van der Waals surface area contributed by atoms with Gasteiger partial charge in [-0.05, 0) is 43.0 Å². The molecule has 0 aliphatic carbocycles. The second-order valence-corrected chi connectivity index (χ2v) is 6.82. The van der Waals surface area contributed by atoms with Crippen LogP contribution in [0.15, 0.2) is 41.9 Å². The van der Waals surface area contributed by atoms with Gasteiger partial charge in [0.25, 0.3) is 11.7 Å². The van der Waals surface area contributed by atoms with Crippen LogP contribution >= 0.6 is 11.3 Å². The molecule has 0 aliphatic rings. The molecule has 0 aliphatic heterocycles. The van der Waals surface area contributed by atoms with E-state index < -0.39 is 0 Å². The van der Waals surface area contributed by atoms with Crippen LogP contribution in [0.4, 0.5) is 0 Å². The van der Waals surface area contributed by atoms with E-state index in [2.05, 4.69) is 25.5 Å². The average Bonchev–Trinajstić information content (AvgIpc) is 3.29. The van der Waals surface area contributed by atoms with Crippen LogP contribution in [0, 0.1) is 13.8 Å². The average molecular weight is 364 g/mol. The Bertz CT molecular complexity index is 1090. The van der Waals surface area contributed by atoms with E-state index in [9.17, 15) is 4.79 Å². The Labute approximate surface area is 153 Å². The van der Waals surface area contributed by atoms with E-state index in [4.69, 9.17) is 0 Å². The van der Waals surface area contributed by atoms with Crippen LogP contribution in [0.25, 0.3) is 16.3 Å². The van der Waals surface area contributed by atoms with E-state index in [0.717, 1.165) is 27.5 Å². The van der Waals surface area contributed by atoms with Crippen molar-refractivity contribution in [1.29, 1.82) is 0 Å². The monoisotopic (exact) mass is 364 g/mol. The first-order chi connectivity index (χ1) is 12.6. The minimum absolute atomic E-state index is 0.228. The number of carbonyl (C=O) groups is 1. The lowest BCUT2D eigenvalue weighted by Gasteiger charge is -2.09. The number of rotatable bonds is 4. The quantitative estimate of drug-likeness (QED) is 0.602. The predicted molar refractivity (Wildman–Crippen MR) is 99.0 cm³/mol. The van der Waals surface area contributed by atoms with Gasteiger partial charge in [-0.2, -0.15) is 0 Å². The van der Waals surface area contributed by atoms with E-state index in [1.54, 1.807) is 21.9 Å². The van der Waals surface area contributed by atoms with Crippen molar-refractivity contribution in [3.63, 3.8) is 0 Å². The topological polar surface area (TPSA) is 85.1 Å². The Balaban J connectivity index is 1.59. The maximum absolute atomic E-state index is 12.6. The summed E-state index contributed by atoms with van der Waals surface area (Å²) in [6, 6.07) is 9.71. The highest BCUT2D eigenvalue weighted by Crippen LogP contribution is 2.25. The standard InChI is InChI=1S/C18H16N6OS/c1-11-9-12(2)24-16(22-23-18(24)21-11)17(25)20-10-13-5-3-7-19-15(13)14-6-4-8-26-14/h3-9H,10H2,1-2H3,(H,20,25). The van der Waals surface area contributed by atoms with Crippen LogP contribution in [0.2, 0.25) is 0 Å². The number of fused-ring (bicyclic) bond motifs is 1. The molecule has 4 rings (SSSR count). The van der Waals surface area contributed by atoms with Crippen LogP contribution < -0.4 is 5.32 Å². The number of hydrogen-bond acceptors (Lipinski definition) is 6. The molecule has 4 aromatic rings. The second kappa shape index (κ2) is 6.64. The van der Waals surface area contributed by atoms with E-state index in [0.29, 0.717) is 12.3 Å². The molecule has 0 unspecified atom stereocenters. The minimum Gasteiger partial charge on any atom is -0.345 e. The summed E-state index contributed by atoms with van der Waals surface area (Å²) in [7, 11) is 0. The summed E-state index contributed by atoms with van der Waals surface area (Å²) in [5.74, 6) is 0.354. The van der Waals surface area contributed by atoms with Gasteiger partial charge in [0.05, 0.1) is 10.6 Å². The second-order valence-electron chi connectivity index (χ2n) is 5.87. The maximum atomic E-state index is 12.6. The van der Waals surface area contributed by atoms with Gasteiger partial charge in [-0.15, -0.1) is 21.5 Å². The number of aromatic nitrogens is 5. The molecular weight excluding hydrogens is 348 g/mol. The Kier molecular flexibility index (Phi) is 4.18. The Morgan fingerprint density at radius 3 is 2.92 bits per heavy atom. The predicted octanol–water partition coefficient (Wildman–Crippen LogP) is 2.79. The molecule has 0 saturated carbocycles. The summed E-state index contributed by atoms with van der Waals surface area (Å²) in [6.07, 6.45) is 1.75. The normalized spacial score (nSPS) is 11.0. The molecule has 4 heterocycles. The zero-order valence-electron chi connectivity index (χ0n) is 14.3. The highest BCUT2D eigenvalue weighted by Gasteiger charge is 2.17. The molecule has 26 heavy (non-hydrogen) atoms. The van der Waals surface area contributed by atoms with Crippen LogP contribution in [-0.2, 0) is 6.54 Å². The summed E-state index contributed by atoms with van der Waals surface area (Å²) in [6.45, 7) is 4.14. The number of pyridine rings is 1. The molecule has 0 atom stereocenters. The lowest BCUT2D eigenvalue weighted by atomic mass is 10.1. The maximum Gasteiger partial charge on any atom is 0.289 e. The third-order valence-corrected chi connectivity index (χ3v) is 4.86. The summed E-state index contributed by atoms with van der Waals surface area (Å²) in [5.41, 5.74) is 3.53. The van der Waals surface area contributed by atoms with Gasteiger partial charge in [-0.3, -0.25) is 14.2 Å². The lowest BCUT2D eigenvalue weighted by molar-refractivity contribution is 0.0939. The zero-order chi connectivity index (χ0) is 18.1. The smallest absolute Gasteiger partial charge is 0.289 e. The number of hydrogen-bond donors (Lipinski definition) is 1. The molecule has 0 fully saturated rings. The first-order valence-electron chi connectivity index (χ1n) is 8.09. The minimum atomic E-state index is -0.299. The molecule has 0 spiro atoms. The van der Waals surface area contributed by atoms with Gasteiger partial charge in [0.1, 0.15) is 0 Å². The van der Waals surface area contributed by atoms with Crippen molar-refractivity contribution >= 4 is 23.0 Å². The number of thiophene rings is 1. The SMILES string of the molecule is Cc1cc(C)n2c(C(=O)NCc3cccnc3-c3cccs3)nnc2n1. The molecule has 0 saturated heterocycles. The van der Waals surface area contributed by atoms with Gasteiger partial charge in [-0.1, -0.05) is 12.1 Å². The van der Waals surface area contributed by atoms with E-state index in [1.165, 1.54) is 0 Å². The first-order valence-corrected chi connectivity index (χ1v) is 8.97. The van der Waals surface area contributed by atoms with Gasteiger partial charge in [0.15, 0.2) is 0 Å². The third-order valence-electron chi connectivity index (χ3n) is 3.98. The molecule has 0 radical (unpaired) electrons. The van der Waals surface area contributed by atoms with Crippen molar-refractivity contribution in [2.24, 2.45) is 0 Å². The molecule has 0 aromatic carbocycles. The summed E-state index contributed by atoms with van der Waals surface area (Å²) in [4.78, 5) is 22.5. The Morgan fingerprint density at radius 2 is 2.12 bits per heavy atom. The van der Waals surface area contributed by atoms with Crippen molar-refractivity contribution in [3.8, 4) is 10.6 Å². The van der Waals surface area contributed by atoms with Crippen molar-refractivity contribution in [2.45, 2.75) is 20.4 Å². The largest absolute Gasteiger partial charge is 0.345 e. The highest BCUT2D eigenvalue weighted by molar-refractivity contribution is 7.13. The van der Waals surface area contributed by atoms with Crippen LogP contribution in [-0.4, -0.2) is 30.5 Å². The molecule has 4 aromatic heterocycles. The van der Waals surface area contributed by atoms with Gasteiger partial charge in [0.2, 0.25) is 5.82 Å². The van der Waals surface area contributed by atoms with Crippen LogP contribution in [0.3, 0.4) is 0 Å². The number of aryl methyl sites for hydroxylation is 2. The third kappa shape index (κ3) is 2.95. The number of amides is 1. The summed E-state index contributed by atoms with van der Waals surface area (Å²) < 4.78 is 1.66. The van der Waals surface area contributed by atoms with Crippen molar-refractivity contribution < 1.29 is 4.79 Å². The van der Waals surface area contributed by atoms with Crippen LogP contribution in [0.5, 0.6) is 0 Å². The molecule has 7 nitrogen and oxygen atoms in total. The van der Waals surface area contributed by atoms with E-state index >= 15 is 0 Å².